The second kappa shape index (κ2) is 6.20. The third kappa shape index (κ3) is 3.59. The Morgan fingerprint density at radius 1 is 1.78 bits per heavy atom. The quantitative estimate of drug-likeness (QED) is 0.747. The molecule has 1 aromatic rings. The molecule has 7 heteroatoms. The number of aromatic nitrogens is 2. The Kier molecular flexibility index (Phi) is 4.91. The van der Waals surface area contributed by atoms with Gasteiger partial charge in [0.2, 0.25) is 5.91 Å². The molecule has 18 heavy (non-hydrogen) atoms. The number of carbonyl (C=O) groups is 1. The summed E-state index contributed by atoms with van der Waals surface area (Å²) >= 11 is 5.93. The molecule has 3 N–H and O–H groups in total. The van der Waals surface area contributed by atoms with Crippen LogP contribution in [0.15, 0.2) is 23.6 Å². The minimum atomic E-state index is -0.431. The summed E-state index contributed by atoms with van der Waals surface area (Å²) in [6, 6.07) is -0.226. The number of nitrogens with one attached hydrogen (secondary N) is 1. The van der Waals surface area contributed by atoms with Crippen LogP contribution in [0.1, 0.15) is 13.3 Å². The van der Waals surface area contributed by atoms with E-state index in [-0.39, 0.29) is 24.0 Å². The van der Waals surface area contributed by atoms with Crippen molar-refractivity contribution in [2.45, 2.75) is 25.9 Å². The van der Waals surface area contributed by atoms with Gasteiger partial charge in [0.15, 0.2) is 0 Å². The van der Waals surface area contributed by atoms with Crippen molar-refractivity contribution < 1.29 is 4.79 Å². The van der Waals surface area contributed by atoms with Gasteiger partial charge in [-0.2, -0.15) is 5.10 Å². The first-order valence-corrected chi connectivity index (χ1v) is 5.74. The van der Waals surface area contributed by atoms with Gasteiger partial charge < -0.3 is 11.1 Å². The van der Waals surface area contributed by atoms with E-state index < -0.39 is 11.5 Å². The number of nitrogens with two attached hydrogens (primary N) is 1. The van der Waals surface area contributed by atoms with E-state index in [1.807, 2.05) is 0 Å². The lowest BCUT2D eigenvalue weighted by Gasteiger charge is -2.14. The van der Waals surface area contributed by atoms with E-state index in [4.69, 9.17) is 17.3 Å². The molecule has 6 nitrogen and oxygen atoms in total. The Morgan fingerprint density at radius 3 is 3.00 bits per heavy atom. The van der Waals surface area contributed by atoms with Crippen molar-refractivity contribution in [3.8, 4) is 0 Å². The molecule has 0 bridgehead atoms. The maximum atomic E-state index is 11.8. The van der Waals surface area contributed by atoms with Crippen LogP contribution in [0, 0.1) is 0 Å². The van der Waals surface area contributed by atoms with Crippen LogP contribution in [0.25, 0.3) is 0 Å². The highest BCUT2D eigenvalue weighted by Crippen LogP contribution is 2.16. The first-order valence-electron chi connectivity index (χ1n) is 5.37. The number of rotatable bonds is 6. The smallest absolute Gasteiger partial charge is 0.287 e. The molecule has 1 rings (SSSR count). The lowest BCUT2D eigenvalue weighted by molar-refractivity contribution is -0.118. The Labute approximate surface area is 109 Å². The predicted molar refractivity (Wildman–Crippen MR) is 70.6 cm³/mol. The van der Waals surface area contributed by atoms with E-state index in [1.54, 1.807) is 13.0 Å². The second-order valence-corrected chi connectivity index (χ2v) is 4.24. The van der Waals surface area contributed by atoms with E-state index in [0.29, 0.717) is 5.69 Å². The SMILES string of the molecule is C=CCn1ncc(NC(C)CC(N)=O)c(Cl)c1=O. The zero-order valence-corrected chi connectivity index (χ0v) is 10.8. The van der Waals surface area contributed by atoms with Gasteiger partial charge in [0, 0.05) is 12.5 Å². The summed E-state index contributed by atoms with van der Waals surface area (Å²) in [5, 5.41) is 6.88. The lowest BCUT2D eigenvalue weighted by Crippen LogP contribution is -2.27. The molecular formula is C11H15ClN4O2. The van der Waals surface area contributed by atoms with Gasteiger partial charge in [-0.15, -0.1) is 6.58 Å². The minimum absolute atomic E-state index is 0.0307. The zero-order valence-electron chi connectivity index (χ0n) is 10.0. The van der Waals surface area contributed by atoms with Crippen LogP contribution in [-0.4, -0.2) is 21.7 Å². The van der Waals surface area contributed by atoms with Crippen molar-refractivity contribution in [3.05, 3.63) is 34.2 Å². The number of carbonyl (C=O) groups excluding carboxylic acids is 1. The van der Waals surface area contributed by atoms with Gasteiger partial charge in [0.25, 0.3) is 5.56 Å². The number of amides is 1. The van der Waals surface area contributed by atoms with Crippen LogP contribution in [0.4, 0.5) is 5.69 Å². The maximum absolute atomic E-state index is 11.8. The van der Waals surface area contributed by atoms with E-state index in [0.717, 1.165) is 0 Å². The molecule has 1 heterocycles. The van der Waals surface area contributed by atoms with Gasteiger partial charge in [-0.25, -0.2) is 4.68 Å². The van der Waals surface area contributed by atoms with Crippen LogP contribution in [0.5, 0.6) is 0 Å². The topological polar surface area (TPSA) is 90.0 Å². The normalized spacial score (nSPS) is 11.9. The van der Waals surface area contributed by atoms with Crippen LogP contribution in [-0.2, 0) is 11.3 Å². The molecule has 0 spiro atoms. The molecule has 0 aromatic carbocycles. The number of hydrogen-bond acceptors (Lipinski definition) is 4. The van der Waals surface area contributed by atoms with Gasteiger partial charge in [-0.05, 0) is 6.92 Å². The van der Waals surface area contributed by atoms with Gasteiger partial charge in [0.1, 0.15) is 5.02 Å². The molecule has 0 radical (unpaired) electrons. The van der Waals surface area contributed by atoms with E-state index in [9.17, 15) is 9.59 Å². The summed E-state index contributed by atoms with van der Waals surface area (Å²) in [7, 11) is 0. The number of nitrogens with zero attached hydrogens (tertiary/aromatic N) is 2. The van der Waals surface area contributed by atoms with Crippen molar-refractivity contribution in [1.82, 2.24) is 9.78 Å². The van der Waals surface area contributed by atoms with Gasteiger partial charge in [-0.1, -0.05) is 17.7 Å². The summed E-state index contributed by atoms with van der Waals surface area (Å²) in [5.74, 6) is -0.431. The molecular weight excluding hydrogens is 256 g/mol. The average Bonchev–Trinajstić information content (AvgIpc) is 2.28. The molecule has 1 aromatic heterocycles. The third-order valence-corrected chi connectivity index (χ3v) is 2.56. The number of anilines is 1. The number of allylic oxidation sites excluding steroid dienone is 1. The first-order chi connectivity index (χ1) is 8.45. The number of primary amides is 1. The van der Waals surface area contributed by atoms with Crippen LogP contribution in [0.2, 0.25) is 5.02 Å². The molecule has 0 aliphatic carbocycles. The first kappa shape index (κ1) is 14.2. The molecule has 0 fully saturated rings. The molecule has 0 aliphatic rings. The number of halogens is 1. The van der Waals surface area contributed by atoms with Crippen molar-refractivity contribution >= 4 is 23.2 Å². The largest absolute Gasteiger partial charge is 0.379 e. The molecule has 0 aliphatic heterocycles. The summed E-state index contributed by atoms with van der Waals surface area (Å²) in [5.41, 5.74) is 5.05. The van der Waals surface area contributed by atoms with Crippen molar-refractivity contribution in [3.63, 3.8) is 0 Å². The van der Waals surface area contributed by atoms with Crippen LogP contribution >= 0.6 is 11.6 Å². The average molecular weight is 271 g/mol. The Bertz CT molecular complexity index is 512. The standard InChI is InChI=1S/C11H15ClN4O2/c1-3-4-16-11(18)10(12)8(6-14-16)15-7(2)5-9(13)17/h3,6-7,15H,1,4-5H2,2H3,(H2,13,17). The van der Waals surface area contributed by atoms with Crippen LogP contribution in [0.3, 0.4) is 0 Å². The molecule has 0 saturated carbocycles. The van der Waals surface area contributed by atoms with Crippen molar-refractivity contribution in [2.24, 2.45) is 5.73 Å². The monoisotopic (exact) mass is 270 g/mol. The fourth-order valence-electron chi connectivity index (χ4n) is 1.44. The highest BCUT2D eigenvalue weighted by molar-refractivity contribution is 6.32. The van der Waals surface area contributed by atoms with Gasteiger partial charge in [0.05, 0.1) is 18.4 Å². The van der Waals surface area contributed by atoms with Gasteiger partial charge in [-0.3, -0.25) is 9.59 Å². The summed E-state index contributed by atoms with van der Waals surface area (Å²) in [6.07, 6.45) is 3.13. The fraction of sp³-hybridized carbons (Fsp3) is 0.364. The van der Waals surface area contributed by atoms with Crippen LogP contribution < -0.4 is 16.6 Å². The van der Waals surface area contributed by atoms with Gasteiger partial charge >= 0.3 is 0 Å². The lowest BCUT2D eigenvalue weighted by atomic mass is 10.2. The molecule has 1 unspecified atom stereocenters. The molecule has 1 atom stereocenters. The Balaban J connectivity index is 2.91. The fourth-order valence-corrected chi connectivity index (χ4v) is 1.64. The Morgan fingerprint density at radius 2 is 2.44 bits per heavy atom. The van der Waals surface area contributed by atoms with E-state index in [1.165, 1.54) is 10.9 Å². The maximum Gasteiger partial charge on any atom is 0.287 e. The summed E-state index contributed by atoms with van der Waals surface area (Å²) < 4.78 is 1.19. The third-order valence-electron chi connectivity index (χ3n) is 2.20. The number of hydrogen-bond donors (Lipinski definition) is 2. The highest BCUT2D eigenvalue weighted by atomic mass is 35.5. The zero-order chi connectivity index (χ0) is 13.7. The highest BCUT2D eigenvalue weighted by Gasteiger charge is 2.12. The molecule has 98 valence electrons. The van der Waals surface area contributed by atoms with E-state index in [2.05, 4.69) is 17.0 Å². The van der Waals surface area contributed by atoms with Crippen molar-refractivity contribution in [2.75, 3.05) is 5.32 Å². The predicted octanol–water partition coefficient (Wildman–Crippen LogP) is 0.758. The summed E-state index contributed by atoms with van der Waals surface area (Å²) in [6.45, 7) is 5.57. The second-order valence-electron chi connectivity index (χ2n) is 3.86. The minimum Gasteiger partial charge on any atom is -0.379 e. The molecule has 1 amide bonds. The van der Waals surface area contributed by atoms with E-state index >= 15 is 0 Å². The van der Waals surface area contributed by atoms with Crippen molar-refractivity contribution in [1.29, 1.82) is 0 Å². The molecule has 0 saturated heterocycles. The Hall–Kier alpha value is -1.82. The summed E-state index contributed by atoms with van der Waals surface area (Å²) in [4.78, 5) is 22.5.